The number of aromatic nitrogens is 1. The summed E-state index contributed by atoms with van der Waals surface area (Å²) in [5, 5.41) is 1.06. The van der Waals surface area contributed by atoms with E-state index in [4.69, 9.17) is 9.72 Å². The summed E-state index contributed by atoms with van der Waals surface area (Å²) in [6, 6.07) is 14.3. The quantitative estimate of drug-likeness (QED) is 0.614. The number of anilines is 1. The SMILES string of the molecule is CCOc1ccc(CC(=O)N2CCN(c3nc4ccc(CC)cc4s3)CC2)cc1. The lowest BCUT2D eigenvalue weighted by atomic mass is 10.1. The zero-order valence-corrected chi connectivity index (χ0v) is 17.9. The average molecular weight is 410 g/mol. The zero-order valence-electron chi connectivity index (χ0n) is 17.1. The highest BCUT2D eigenvalue weighted by atomic mass is 32.1. The molecule has 5 nitrogen and oxygen atoms in total. The van der Waals surface area contributed by atoms with Crippen LogP contribution in [0, 0.1) is 0 Å². The van der Waals surface area contributed by atoms with E-state index in [1.165, 1.54) is 10.3 Å². The van der Waals surface area contributed by atoms with Crippen molar-refractivity contribution >= 4 is 32.6 Å². The fraction of sp³-hybridized carbons (Fsp3) is 0.391. The molecule has 1 amide bonds. The Bertz CT molecular complexity index is 975. The van der Waals surface area contributed by atoms with Gasteiger partial charge in [0, 0.05) is 26.2 Å². The highest BCUT2D eigenvalue weighted by molar-refractivity contribution is 7.22. The van der Waals surface area contributed by atoms with Gasteiger partial charge in [-0.25, -0.2) is 4.98 Å². The fourth-order valence-electron chi connectivity index (χ4n) is 3.62. The van der Waals surface area contributed by atoms with E-state index in [2.05, 4.69) is 30.0 Å². The van der Waals surface area contributed by atoms with Gasteiger partial charge in [-0.15, -0.1) is 0 Å². The van der Waals surface area contributed by atoms with Crippen molar-refractivity contribution in [3.8, 4) is 5.75 Å². The molecule has 29 heavy (non-hydrogen) atoms. The van der Waals surface area contributed by atoms with Crippen LogP contribution in [0.15, 0.2) is 42.5 Å². The Morgan fingerprint density at radius 1 is 1.03 bits per heavy atom. The number of benzene rings is 2. The number of nitrogens with zero attached hydrogens (tertiary/aromatic N) is 3. The lowest BCUT2D eigenvalue weighted by Crippen LogP contribution is -2.49. The van der Waals surface area contributed by atoms with E-state index >= 15 is 0 Å². The van der Waals surface area contributed by atoms with E-state index in [0.717, 1.165) is 54.6 Å². The van der Waals surface area contributed by atoms with E-state index in [0.29, 0.717) is 13.0 Å². The zero-order chi connectivity index (χ0) is 20.2. The number of hydrogen-bond acceptors (Lipinski definition) is 5. The van der Waals surface area contributed by atoms with Gasteiger partial charge in [0.2, 0.25) is 5.91 Å². The molecule has 1 aliphatic rings. The van der Waals surface area contributed by atoms with Crippen molar-refractivity contribution in [3.05, 3.63) is 53.6 Å². The monoisotopic (exact) mass is 409 g/mol. The summed E-state index contributed by atoms with van der Waals surface area (Å²) in [6.45, 7) is 7.93. The van der Waals surface area contributed by atoms with Crippen LogP contribution in [0.4, 0.5) is 5.13 Å². The first-order valence-corrected chi connectivity index (χ1v) is 11.1. The van der Waals surface area contributed by atoms with Gasteiger partial charge in [-0.1, -0.05) is 36.5 Å². The molecule has 6 heteroatoms. The maximum Gasteiger partial charge on any atom is 0.227 e. The van der Waals surface area contributed by atoms with Crippen LogP contribution < -0.4 is 9.64 Å². The van der Waals surface area contributed by atoms with Crippen molar-refractivity contribution in [1.82, 2.24) is 9.88 Å². The molecule has 0 atom stereocenters. The minimum Gasteiger partial charge on any atom is -0.494 e. The van der Waals surface area contributed by atoms with Gasteiger partial charge >= 0.3 is 0 Å². The summed E-state index contributed by atoms with van der Waals surface area (Å²) in [7, 11) is 0. The third-order valence-electron chi connectivity index (χ3n) is 5.34. The largest absolute Gasteiger partial charge is 0.494 e. The summed E-state index contributed by atoms with van der Waals surface area (Å²) in [5.41, 5.74) is 3.44. The minimum absolute atomic E-state index is 0.186. The van der Waals surface area contributed by atoms with Gasteiger partial charge < -0.3 is 14.5 Å². The molecule has 1 aliphatic heterocycles. The Morgan fingerprint density at radius 2 is 1.76 bits per heavy atom. The van der Waals surface area contributed by atoms with Gasteiger partial charge in [-0.3, -0.25) is 4.79 Å². The van der Waals surface area contributed by atoms with Gasteiger partial charge in [0.25, 0.3) is 0 Å². The molecular formula is C23H27N3O2S. The molecule has 3 aromatic rings. The number of carbonyl (C=O) groups is 1. The molecule has 0 radical (unpaired) electrons. The molecule has 2 aromatic carbocycles. The number of ether oxygens (including phenoxy) is 1. The Kier molecular flexibility index (Phi) is 6.00. The number of hydrogen-bond donors (Lipinski definition) is 0. The number of amides is 1. The number of aryl methyl sites for hydroxylation is 1. The first-order chi connectivity index (χ1) is 14.2. The van der Waals surface area contributed by atoms with E-state index in [1.807, 2.05) is 36.1 Å². The van der Waals surface area contributed by atoms with E-state index in [9.17, 15) is 4.79 Å². The topological polar surface area (TPSA) is 45.7 Å². The van der Waals surface area contributed by atoms with Crippen molar-refractivity contribution in [3.63, 3.8) is 0 Å². The Labute approximate surface area is 175 Å². The lowest BCUT2D eigenvalue weighted by molar-refractivity contribution is -0.130. The predicted octanol–water partition coefficient (Wildman–Crippen LogP) is 4.15. The third-order valence-corrected chi connectivity index (χ3v) is 6.42. The second kappa shape index (κ2) is 8.82. The number of piperazine rings is 1. The van der Waals surface area contributed by atoms with Crippen molar-refractivity contribution in [2.45, 2.75) is 26.7 Å². The van der Waals surface area contributed by atoms with Crippen LogP contribution >= 0.6 is 11.3 Å². The van der Waals surface area contributed by atoms with Crippen LogP contribution in [-0.4, -0.2) is 48.6 Å². The number of fused-ring (bicyclic) bond motifs is 1. The summed E-state index contributed by atoms with van der Waals surface area (Å²) in [5.74, 6) is 1.03. The molecule has 1 saturated heterocycles. The van der Waals surface area contributed by atoms with Crippen LogP contribution in [0.2, 0.25) is 0 Å². The van der Waals surface area contributed by atoms with Crippen molar-refractivity contribution in [2.24, 2.45) is 0 Å². The first-order valence-electron chi connectivity index (χ1n) is 10.3. The summed E-state index contributed by atoms with van der Waals surface area (Å²) >= 11 is 1.75. The molecule has 1 fully saturated rings. The normalized spacial score (nSPS) is 14.4. The first kappa shape index (κ1) is 19.7. The standard InChI is InChI=1S/C23H27N3O2S/c1-3-17-7-10-20-21(15-17)29-23(24-20)26-13-11-25(12-14-26)22(27)16-18-5-8-19(9-6-18)28-4-2/h5-10,15H,3-4,11-14,16H2,1-2H3. The predicted molar refractivity (Wildman–Crippen MR) is 119 cm³/mol. The van der Waals surface area contributed by atoms with Crippen LogP contribution in [0.5, 0.6) is 5.75 Å². The van der Waals surface area contributed by atoms with Crippen molar-refractivity contribution in [2.75, 3.05) is 37.7 Å². The highest BCUT2D eigenvalue weighted by Gasteiger charge is 2.23. The molecule has 0 bridgehead atoms. The third kappa shape index (κ3) is 4.53. The Balaban J connectivity index is 1.34. The number of thiazole rings is 1. The molecule has 0 N–H and O–H groups in total. The number of rotatable bonds is 6. The second-order valence-electron chi connectivity index (χ2n) is 7.27. The molecule has 0 spiro atoms. The molecule has 0 saturated carbocycles. The molecule has 1 aromatic heterocycles. The lowest BCUT2D eigenvalue weighted by Gasteiger charge is -2.34. The molecule has 152 valence electrons. The Hall–Kier alpha value is -2.60. The molecule has 2 heterocycles. The van der Waals surface area contributed by atoms with Crippen LogP contribution in [-0.2, 0) is 17.6 Å². The summed E-state index contributed by atoms with van der Waals surface area (Å²) in [4.78, 5) is 21.8. The maximum absolute atomic E-state index is 12.7. The maximum atomic E-state index is 12.7. The smallest absolute Gasteiger partial charge is 0.227 e. The summed E-state index contributed by atoms with van der Waals surface area (Å²) in [6.07, 6.45) is 1.48. The fourth-order valence-corrected chi connectivity index (χ4v) is 4.70. The van der Waals surface area contributed by atoms with Gasteiger partial charge in [0.1, 0.15) is 5.75 Å². The summed E-state index contributed by atoms with van der Waals surface area (Å²) < 4.78 is 6.71. The molecule has 4 rings (SSSR count). The van der Waals surface area contributed by atoms with Crippen LogP contribution in [0.3, 0.4) is 0 Å². The van der Waals surface area contributed by atoms with Crippen molar-refractivity contribution < 1.29 is 9.53 Å². The van der Waals surface area contributed by atoms with E-state index in [-0.39, 0.29) is 5.91 Å². The van der Waals surface area contributed by atoms with Crippen molar-refractivity contribution in [1.29, 1.82) is 0 Å². The highest BCUT2D eigenvalue weighted by Crippen LogP contribution is 2.30. The van der Waals surface area contributed by atoms with Crippen LogP contribution in [0.1, 0.15) is 25.0 Å². The van der Waals surface area contributed by atoms with Gasteiger partial charge in [0.05, 0.1) is 23.2 Å². The average Bonchev–Trinajstić information content (AvgIpc) is 3.18. The van der Waals surface area contributed by atoms with E-state index in [1.54, 1.807) is 11.3 Å². The van der Waals surface area contributed by atoms with E-state index < -0.39 is 0 Å². The molecule has 0 aliphatic carbocycles. The molecular weight excluding hydrogens is 382 g/mol. The molecule has 0 unspecified atom stereocenters. The van der Waals surface area contributed by atoms with Gasteiger partial charge in [-0.2, -0.15) is 0 Å². The van der Waals surface area contributed by atoms with Crippen LogP contribution in [0.25, 0.3) is 10.2 Å². The number of carbonyl (C=O) groups excluding carboxylic acids is 1. The Morgan fingerprint density at radius 3 is 2.45 bits per heavy atom. The van der Waals surface area contributed by atoms with Gasteiger partial charge in [-0.05, 0) is 48.7 Å². The minimum atomic E-state index is 0.186. The second-order valence-corrected chi connectivity index (χ2v) is 8.28. The van der Waals surface area contributed by atoms with Gasteiger partial charge in [0.15, 0.2) is 5.13 Å².